The van der Waals surface area contributed by atoms with Crippen LogP contribution >= 0.6 is 11.6 Å². The molecule has 0 heterocycles. The van der Waals surface area contributed by atoms with Crippen molar-refractivity contribution in [2.75, 3.05) is 23.7 Å². The van der Waals surface area contributed by atoms with Crippen LogP contribution in [0.4, 0.5) is 23.2 Å². The van der Waals surface area contributed by atoms with Gasteiger partial charge in [0, 0.05) is 13.1 Å². The molecule has 2 aromatic carbocycles. The fourth-order valence-corrected chi connectivity index (χ4v) is 4.29. The molecule has 0 aromatic heterocycles. The van der Waals surface area contributed by atoms with Crippen molar-refractivity contribution in [1.82, 2.24) is 10.2 Å². The molecule has 0 saturated heterocycles. The van der Waals surface area contributed by atoms with Crippen LogP contribution in [-0.2, 0) is 32.3 Å². The van der Waals surface area contributed by atoms with Crippen molar-refractivity contribution in [3.05, 3.63) is 64.4 Å². The molecule has 0 fully saturated rings. The summed E-state index contributed by atoms with van der Waals surface area (Å²) in [6, 6.07) is 6.11. The van der Waals surface area contributed by atoms with Crippen molar-refractivity contribution in [1.29, 1.82) is 0 Å². The molecule has 7 nitrogen and oxygen atoms in total. The van der Waals surface area contributed by atoms with E-state index in [1.165, 1.54) is 19.1 Å². The van der Waals surface area contributed by atoms with E-state index in [0.717, 1.165) is 23.1 Å². The van der Waals surface area contributed by atoms with Crippen LogP contribution in [0.15, 0.2) is 42.5 Å². The number of carbonyl (C=O) groups excluding carboxylic acids is 2. The largest absolute Gasteiger partial charge is 0.416 e. The summed E-state index contributed by atoms with van der Waals surface area (Å²) in [5, 5.41) is 2.23. The molecule has 2 rings (SSSR count). The summed E-state index contributed by atoms with van der Waals surface area (Å²) >= 11 is 6.01. The third-order valence-electron chi connectivity index (χ3n) is 5.01. The maximum atomic E-state index is 13.3. The molecule has 1 unspecified atom stereocenters. The van der Waals surface area contributed by atoms with E-state index in [1.807, 2.05) is 0 Å². The Labute approximate surface area is 205 Å². The number of alkyl halides is 3. The number of rotatable bonds is 9. The van der Waals surface area contributed by atoms with Gasteiger partial charge in [0.25, 0.3) is 0 Å². The molecular formula is C22H24ClF4N3O4S. The molecule has 2 aromatic rings. The lowest BCUT2D eigenvalue weighted by Gasteiger charge is -2.31. The summed E-state index contributed by atoms with van der Waals surface area (Å²) in [6.07, 6.45) is -4.07. The second kappa shape index (κ2) is 11.3. The Morgan fingerprint density at radius 3 is 2.23 bits per heavy atom. The fraction of sp³-hybridized carbons (Fsp3) is 0.364. The highest BCUT2D eigenvalue weighted by atomic mass is 35.5. The molecule has 0 spiro atoms. The number of hydrogen-bond donors (Lipinski definition) is 1. The van der Waals surface area contributed by atoms with E-state index in [2.05, 4.69) is 5.32 Å². The third kappa shape index (κ3) is 7.56. The number of benzene rings is 2. The Bertz CT molecular complexity index is 1170. The fourth-order valence-electron chi connectivity index (χ4n) is 3.17. The van der Waals surface area contributed by atoms with Gasteiger partial charge < -0.3 is 10.2 Å². The van der Waals surface area contributed by atoms with Crippen LogP contribution in [0.1, 0.15) is 25.0 Å². The summed E-state index contributed by atoms with van der Waals surface area (Å²) in [7, 11) is -4.28. The zero-order valence-corrected chi connectivity index (χ0v) is 20.6. The highest BCUT2D eigenvalue weighted by Crippen LogP contribution is 2.36. The van der Waals surface area contributed by atoms with Gasteiger partial charge in [0.1, 0.15) is 18.4 Å². The second-order valence-corrected chi connectivity index (χ2v) is 9.97. The number of nitrogens with one attached hydrogen (secondary N) is 1. The first-order chi connectivity index (χ1) is 16.1. The lowest BCUT2D eigenvalue weighted by molar-refractivity contribution is -0.139. The van der Waals surface area contributed by atoms with Gasteiger partial charge in [-0.3, -0.25) is 13.9 Å². The molecule has 13 heteroatoms. The quantitative estimate of drug-likeness (QED) is 0.493. The third-order valence-corrected chi connectivity index (χ3v) is 6.45. The summed E-state index contributed by atoms with van der Waals surface area (Å²) in [6.45, 7) is 2.22. The minimum absolute atomic E-state index is 0.189. The summed E-state index contributed by atoms with van der Waals surface area (Å²) < 4.78 is 78.4. The van der Waals surface area contributed by atoms with Crippen LogP contribution in [0.25, 0.3) is 0 Å². The summed E-state index contributed by atoms with van der Waals surface area (Å²) in [5.74, 6) is -1.94. The zero-order chi connectivity index (χ0) is 26.6. The number of sulfonamides is 1. The van der Waals surface area contributed by atoms with Gasteiger partial charge in [0.15, 0.2) is 0 Å². The Morgan fingerprint density at radius 2 is 1.71 bits per heavy atom. The molecule has 0 aliphatic rings. The van der Waals surface area contributed by atoms with Gasteiger partial charge in [0.05, 0.1) is 22.5 Å². The van der Waals surface area contributed by atoms with Crippen LogP contribution in [0.5, 0.6) is 0 Å². The lowest BCUT2D eigenvalue weighted by Crippen LogP contribution is -2.51. The topological polar surface area (TPSA) is 86.8 Å². The molecule has 1 atom stereocenters. The highest BCUT2D eigenvalue weighted by molar-refractivity contribution is 7.92. The normalized spacial score (nSPS) is 12.7. The minimum Gasteiger partial charge on any atom is -0.355 e. The molecule has 1 N–H and O–H groups in total. The Kier molecular flexibility index (Phi) is 9.12. The average Bonchev–Trinajstić information content (AvgIpc) is 2.75. The van der Waals surface area contributed by atoms with Crippen molar-refractivity contribution in [2.45, 2.75) is 32.6 Å². The molecule has 35 heavy (non-hydrogen) atoms. The Balaban J connectivity index is 2.48. The Hall–Kier alpha value is -2.86. The van der Waals surface area contributed by atoms with Crippen LogP contribution in [-0.4, -0.2) is 50.5 Å². The van der Waals surface area contributed by atoms with Crippen molar-refractivity contribution in [2.24, 2.45) is 0 Å². The first kappa shape index (κ1) is 28.4. The van der Waals surface area contributed by atoms with E-state index in [9.17, 15) is 35.6 Å². The molecule has 0 bridgehead atoms. The molecule has 0 aliphatic heterocycles. The van der Waals surface area contributed by atoms with E-state index in [-0.39, 0.29) is 18.1 Å². The first-order valence-electron chi connectivity index (χ1n) is 10.3. The van der Waals surface area contributed by atoms with Crippen LogP contribution in [0.3, 0.4) is 0 Å². The van der Waals surface area contributed by atoms with Crippen LogP contribution in [0, 0.1) is 5.82 Å². The SMILES string of the molecule is CCNC(=O)C(C)N(Cc1ccc(F)cc1)C(=O)CN(c1cc(C(F)(F)F)ccc1Cl)S(C)(=O)=O. The van der Waals surface area contributed by atoms with Crippen molar-refractivity contribution in [3.63, 3.8) is 0 Å². The number of anilines is 1. The van der Waals surface area contributed by atoms with Gasteiger partial charge in [-0.1, -0.05) is 23.7 Å². The van der Waals surface area contributed by atoms with Crippen molar-refractivity contribution in [3.8, 4) is 0 Å². The number of halogens is 5. The van der Waals surface area contributed by atoms with Gasteiger partial charge in [-0.05, 0) is 49.7 Å². The number of amides is 2. The van der Waals surface area contributed by atoms with Crippen molar-refractivity contribution >= 4 is 39.1 Å². The number of likely N-dealkylation sites (N-methyl/N-ethyl adjacent to an activating group) is 1. The number of carbonyl (C=O) groups is 2. The van der Waals surface area contributed by atoms with Crippen LogP contribution < -0.4 is 9.62 Å². The maximum absolute atomic E-state index is 13.3. The molecule has 2 amide bonds. The molecule has 0 radical (unpaired) electrons. The van der Waals surface area contributed by atoms with Gasteiger partial charge >= 0.3 is 6.18 Å². The molecule has 192 valence electrons. The predicted octanol–water partition coefficient (Wildman–Crippen LogP) is 3.82. The predicted molar refractivity (Wildman–Crippen MR) is 124 cm³/mol. The second-order valence-electron chi connectivity index (χ2n) is 7.65. The van der Waals surface area contributed by atoms with E-state index < -0.39 is 57.7 Å². The first-order valence-corrected chi connectivity index (χ1v) is 12.5. The maximum Gasteiger partial charge on any atom is 0.416 e. The highest BCUT2D eigenvalue weighted by Gasteiger charge is 2.34. The summed E-state index contributed by atoms with van der Waals surface area (Å²) in [4.78, 5) is 26.8. The van der Waals surface area contributed by atoms with Gasteiger partial charge in [-0.25, -0.2) is 12.8 Å². The summed E-state index contributed by atoms with van der Waals surface area (Å²) in [5.41, 5.74) is -1.25. The lowest BCUT2D eigenvalue weighted by atomic mass is 10.1. The average molecular weight is 538 g/mol. The monoisotopic (exact) mass is 537 g/mol. The van der Waals surface area contributed by atoms with Crippen molar-refractivity contribution < 1.29 is 35.6 Å². The van der Waals surface area contributed by atoms with E-state index in [4.69, 9.17) is 11.6 Å². The van der Waals surface area contributed by atoms with Gasteiger partial charge in [-0.15, -0.1) is 0 Å². The van der Waals surface area contributed by atoms with Gasteiger partial charge in [-0.2, -0.15) is 13.2 Å². The minimum atomic E-state index is -4.78. The standard InChI is InChI=1S/C22H24ClF4N3O4S/c1-4-28-21(32)14(2)29(12-15-5-8-17(24)9-6-15)20(31)13-30(35(3,33)34)19-11-16(22(25,26)27)7-10-18(19)23/h5-11,14H,4,12-13H2,1-3H3,(H,28,32). The smallest absolute Gasteiger partial charge is 0.355 e. The molecular weight excluding hydrogens is 514 g/mol. The van der Waals surface area contributed by atoms with Crippen LogP contribution in [0.2, 0.25) is 5.02 Å². The molecule has 0 saturated carbocycles. The molecule has 0 aliphatic carbocycles. The Morgan fingerprint density at radius 1 is 1.11 bits per heavy atom. The number of hydrogen-bond acceptors (Lipinski definition) is 4. The van der Waals surface area contributed by atoms with E-state index in [0.29, 0.717) is 28.3 Å². The van der Waals surface area contributed by atoms with Gasteiger partial charge in [0.2, 0.25) is 21.8 Å². The zero-order valence-electron chi connectivity index (χ0n) is 19.1. The number of nitrogens with zero attached hydrogens (tertiary/aromatic N) is 2. The van der Waals surface area contributed by atoms with E-state index in [1.54, 1.807) is 6.92 Å². The van der Waals surface area contributed by atoms with E-state index >= 15 is 0 Å².